The molecule has 1 atom stereocenters. The summed E-state index contributed by atoms with van der Waals surface area (Å²) in [6, 6.07) is 10.2. The highest BCUT2D eigenvalue weighted by Gasteiger charge is 2.16. The molecule has 8 heteroatoms. The number of carboxylic acid groups (broad SMARTS) is 1. The van der Waals surface area contributed by atoms with Gasteiger partial charge in [-0.2, -0.15) is 11.8 Å². The first-order valence-electron chi connectivity index (χ1n) is 8.63. The van der Waals surface area contributed by atoms with E-state index in [9.17, 15) is 9.90 Å². The van der Waals surface area contributed by atoms with E-state index < -0.39 is 12.0 Å². The van der Waals surface area contributed by atoms with E-state index in [1.807, 2.05) is 24.5 Å². The fourth-order valence-corrected chi connectivity index (χ4v) is 3.46. The van der Waals surface area contributed by atoms with Crippen LogP contribution in [0, 0.1) is 0 Å². The number of nitrogens with one attached hydrogen (secondary N) is 1. The maximum atomic E-state index is 11.3. The van der Waals surface area contributed by atoms with E-state index in [1.54, 1.807) is 37.1 Å². The molecular formula is C20H23Cl2NO4S. The molecule has 0 fully saturated rings. The number of thioether (sulfide) groups is 1. The number of halogens is 2. The van der Waals surface area contributed by atoms with Crippen molar-refractivity contribution in [3.63, 3.8) is 0 Å². The fraction of sp³-hybridized carbons (Fsp3) is 0.350. The van der Waals surface area contributed by atoms with Crippen molar-refractivity contribution in [1.82, 2.24) is 5.32 Å². The number of carboxylic acids is 1. The first kappa shape index (κ1) is 22.7. The van der Waals surface area contributed by atoms with Crippen molar-refractivity contribution in [2.75, 3.05) is 19.1 Å². The molecule has 0 bridgehead atoms. The van der Waals surface area contributed by atoms with Crippen molar-refractivity contribution in [3.8, 4) is 11.5 Å². The Morgan fingerprint density at radius 1 is 1.21 bits per heavy atom. The van der Waals surface area contributed by atoms with Gasteiger partial charge in [-0.3, -0.25) is 4.79 Å². The standard InChI is InChI=1S/C20H23Cl2NO4S/c1-26-19-9-13(11-23-17(20(24)25)7-8-28-2)3-6-18(19)27-12-14-4-5-15(21)10-16(14)22/h3-6,9-10,17,23H,7-8,11-12H2,1-2H3,(H,24,25). The summed E-state index contributed by atoms with van der Waals surface area (Å²) in [6.07, 6.45) is 2.52. The molecule has 0 aliphatic rings. The number of hydrogen-bond acceptors (Lipinski definition) is 5. The summed E-state index contributed by atoms with van der Waals surface area (Å²) in [6.45, 7) is 0.699. The summed E-state index contributed by atoms with van der Waals surface area (Å²) in [4.78, 5) is 11.3. The molecule has 28 heavy (non-hydrogen) atoms. The lowest BCUT2D eigenvalue weighted by molar-refractivity contribution is -0.139. The number of rotatable bonds is 11. The van der Waals surface area contributed by atoms with Crippen LogP contribution in [0.15, 0.2) is 36.4 Å². The molecule has 0 saturated carbocycles. The number of aliphatic carboxylic acids is 1. The molecular weight excluding hydrogens is 421 g/mol. The topological polar surface area (TPSA) is 67.8 Å². The molecule has 2 aromatic carbocycles. The van der Waals surface area contributed by atoms with Crippen LogP contribution in [-0.2, 0) is 17.9 Å². The Morgan fingerprint density at radius 2 is 2.00 bits per heavy atom. The maximum Gasteiger partial charge on any atom is 0.320 e. The van der Waals surface area contributed by atoms with Crippen LogP contribution >= 0.6 is 35.0 Å². The Kier molecular flexibility index (Phi) is 9.25. The Labute approximate surface area is 179 Å². The third kappa shape index (κ3) is 6.78. The van der Waals surface area contributed by atoms with Gasteiger partial charge in [-0.05, 0) is 48.3 Å². The summed E-state index contributed by atoms with van der Waals surface area (Å²) in [5.41, 5.74) is 1.72. The fourth-order valence-electron chi connectivity index (χ4n) is 2.53. The van der Waals surface area contributed by atoms with Gasteiger partial charge in [0.2, 0.25) is 0 Å². The van der Waals surface area contributed by atoms with E-state index in [-0.39, 0.29) is 6.61 Å². The predicted octanol–water partition coefficient (Wildman–Crippen LogP) is 4.88. The van der Waals surface area contributed by atoms with E-state index >= 15 is 0 Å². The lowest BCUT2D eigenvalue weighted by atomic mass is 10.1. The highest BCUT2D eigenvalue weighted by molar-refractivity contribution is 7.98. The highest BCUT2D eigenvalue weighted by Crippen LogP contribution is 2.30. The average molecular weight is 444 g/mol. The van der Waals surface area contributed by atoms with Gasteiger partial charge in [0, 0.05) is 22.2 Å². The normalized spacial score (nSPS) is 11.9. The Balaban J connectivity index is 2.01. The highest BCUT2D eigenvalue weighted by atomic mass is 35.5. The van der Waals surface area contributed by atoms with Crippen molar-refractivity contribution in [3.05, 3.63) is 57.6 Å². The van der Waals surface area contributed by atoms with Crippen molar-refractivity contribution < 1.29 is 19.4 Å². The van der Waals surface area contributed by atoms with Crippen LogP contribution in [-0.4, -0.2) is 36.2 Å². The SMILES string of the molecule is COc1cc(CNC(CCSC)C(=O)O)ccc1OCc1ccc(Cl)cc1Cl. The van der Waals surface area contributed by atoms with Gasteiger partial charge in [-0.15, -0.1) is 0 Å². The van der Waals surface area contributed by atoms with Gasteiger partial charge in [0.05, 0.1) is 7.11 Å². The summed E-state index contributed by atoms with van der Waals surface area (Å²) < 4.78 is 11.3. The molecule has 152 valence electrons. The first-order valence-corrected chi connectivity index (χ1v) is 10.8. The quantitative estimate of drug-likeness (QED) is 0.515. The molecule has 5 nitrogen and oxygen atoms in total. The van der Waals surface area contributed by atoms with E-state index in [2.05, 4.69) is 5.32 Å². The van der Waals surface area contributed by atoms with Crippen molar-refractivity contribution in [2.24, 2.45) is 0 Å². The molecule has 0 saturated heterocycles. The lowest BCUT2D eigenvalue weighted by Crippen LogP contribution is -2.36. The smallest absolute Gasteiger partial charge is 0.320 e. The van der Waals surface area contributed by atoms with Crippen LogP contribution < -0.4 is 14.8 Å². The second kappa shape index (κ2) is 11.4. The second-order valence-electron chi connectivity index (χ2n) is 6.06. The third-order valence-corrected chi connectivity index (χ3v) is 5.32. The zero-order valence-corrected chi connectivity index (χ0v) is 18.0. The Morgan fingerprint density at radius 3 is 2.64 bits per heavy atom. The minimum Gasteiger partial charge on any atom is -0.493 e. The van der Waals surface area contributed by atoms with Gasteiger partial charge in [0.15, 0.2) is 11.5 Å². The number of methoxy groups -OCH3 is 1. The molecule has 2 N–H and O–H groups in total. The average Bonchev–Trinajstić information content (AvgIpc) is 2.67. The molecule has 0 heterocycles. The van der Waals surface area contributed by atoms with Crippen LogP contribution in [0.5, 0.6) is 11.5 Å². The van der Waals surface area contributed by atoms with E-state index in [0.717, 1.165) is 16.9 Å². The Bertz CT molecular complexity index is 804. The first-order chi connectivity index (χ1) is 13.4. The summed E-state index contributed by atoms with van der Waals surface area (Å²) in [7, 11) is 1.56. The summed E-state index contributed by atoms with van der Waals surface area (Å²) in [5.74, 6) is 1.09. The summed E-state index contributed by atoms with van der Waals surface area (Å²) in [5, 5.41) is 13.5. The number of ether oxygens (including phenoxy) is 2. The van der Waals surface area contributed by atoms with Gasteiger partial charge in [-0.1, -0.05) is 35.3 Å². The molecule has 1 unspecified atom stereocenters. The minimum atomic E-state index is -0.846. The number of carbonyl (C=O) groups is 1. The second-order valence-corrected chi connectivity index (χ2v) is 7.89. The minimum absolute atomic E-state index is 0.278. The molecule has 2 rings (SSSR count). The monoisotopic (exact) mass is 443 g/mol. The zero-order valence-electron chi connectivity index (χ0n) is 15.7. The van der Waals surface area contributed by atoms with E-state index in [1.165, 1.54) is 0 Å². The molecule has 0 aliphatic carbocycles. The molecule has 0 aromatic heterocycles. The largest absolute Gasteiger partial charge is 0.493 e. The van der Waals surface area contributed by atoms with Crippen LogP contribution in [0.3, 0.4) is 0 Å². The molecule has 2 aromatic rings. The Hall–Kier alpha value is -1.60. The van der Waals surface area contributed by atoms with Crippen molar-refractivity contribution in [2.45, 2.75) is 25.6 Å². The third-order valence-electron chi connectivity index (χ3n) is 4.09. The lowest BCUT2D eigenvalue weighted by Gasteiger charge is -2.16. The van der Waals surface area contributed by atoms with Gasteiger partial charge >= 0.3 is 5.97 Å². The summed E-state index contributed by atoms with van der Waals surface area (Å²) >= 11 is 13.7. The van der Waals surface area contributed by atoms with Crippen molar-refractivity contribution in [1.29, 1.82) is 0 Å². The van der Waals surface area contributed by atoms with Crippen LogP contribution in [0.25, 0.3) is 0 Å². The molecule has 0 spiro atoms. The molecule has 0 radical (unpaired) electrons. The van der Waals surface area contributed by atoms with Crippen molar-refractivity contribution >= 4 is 40.9 Å². The predicted molar refractivity (Wildman–Crippen MR) is 115 cm³/mol. The van der Waals surface area contributed by atoms with Crippen LogP contribution in [0.2, 0.25) is 10.0 Å². The molecule has 0 amide bonds. The number of benzene rings is 2. The van der Waals surface area contributed by atoms with Gasteiger partial charge in [0.25, 0.3) is 0 Å². The van der Waals surface area contributed by atoms with Gasteiger partial charge in [-0.25, -0.2) is 0 Å². The number of hydrogen-bond donors (Lipinski definition) is 2. The maximum absolute atomic E-state index is 11.3. The molecule has 0 aliphatic heterocycles. The van der Waals surface area contributed by atoms with Gasteiger partial charge < -0.3 is 19.9 Å². The zero-order chi connectivity index (χ0) is 20.5. The van der Waals surface area contributed by atoms with Crippen LogP contribution in [0.1, 0.15) is 17.5 Å². The van der Waals surface area contributed by atoms with Gasteiger partial charge in [0.1, 0.15) is 12.6 Å². The van der Waals surface area contributed by atoms with E-state index in [4.69, 9.17) is 32.7 Å². The van der Waals surface area contributed by atoms with Crippen LogP contribution in [0.4, 0.5) is 0 Å². The van der Waals surface area contributed by atoms with E-state index in [0.29, 0.717) is 34.5 Å².